The van der Waals surface area contributed by atoms with Gasteiger partial charge in [0.2, 0.25) is 0 Å². The Kier molecular flexibility index (Phi) is 2.63. The van der Waals surface area contributed by atoms with Crippen LogP contribution in [0, 0.1) is 0 Å². The van der Waals surface area contributed by atoms with Gasteiger partial charge in [-0.2, -0.15) is 0 Å². The van der Waals surface area contributed by atoms with Crippen molar-refractivity contribution < 1.29 is 9.53 Å². The average Bonchev–Trinajstić information content (AvgIpc) is 2.29. The van der Waals surface area contributed by atoms with E-state index < -0.39 is 0 Å². The van der Waals surface area contributed by atoms with E-state index in [-0.39, 0.29) is 5.97 Å². The second-order valence-corrected chi connectivity index (χ2v) is 3.16. The van der Waals surface area contributed by atoms with Gasteiger partial charge in [0.05, 0.1) is 12.2 Å². The molecule has 0 N–H and O–H groups in total. The second kappa shape index (κ2) is 4.09. The quantitative estimate of drug-likeness (QED) is 0.700. The lowest BCUT2D eigenvalue weighted by Gasteiger charge is -2.02. The second-order valence-electron chi connectivity index (χ2n) is 3.16. The Labute approximate surface area is 87.7 Å². The summed E-state index contributed by atoms with van der Waals surface area (Å²) in [7, 11) is 0. The van der Waals surface area contributed by atoms with Gasteiger partial charge in [-0.1, -0.05) is 6.07 Å². The summed E-state index contributed by atoms with van der Waals surface area (Å²) in [5.41, 5.74) is 0.567. The first kappa shape index (κ1) is 9.65. The highest BCUT2D eigenvalue weighted by molar-refractivity contribution is 5.95. The number of aromatic nitrogens is 1. The predicted molar refractivity (Wildman–Crippen MR) is 57.7 cm³/mol. The molecule has 0 bridgehead atoms. The van der Waals surface area contributed by atoms with Crippen LogP contribution in [0.15, 0.2) is 36.7 Å². The van der Waals surface area contributed by atoms with E-state index in [1.54, 1.807) is 31.5 Å². The highest BCUT2D eigenvalue weighted by Gasteiger charge is 2.06. The van der Waals surface area contributed by atoms with Crippen LogP contribution in [0.5, 0.6) is 0 Å². The number of rotatable bonds is 2. The molecule has 0 fully saturated rings. The van der Waals surface area contributed by atoms with Crippen LogP contribution in [0.25, 0.3) is 10.8 Å². The van der Waals surface area contributed by atoms with E-state index in [4.69, 9.17) is 4.74 Å². The lowest BCUT2D eigenvalue weighted by Crippen LogP contribution is -2.04. The molecule has 0 spiro atoms. The van der Waals surface area contributed by atoms with Crippen LogP contribution in [0.2, 0.25) is 0 Å². The minimum atomic E-state index is -0.289. The summed E-state index contributed by atoms with van der Waals surface area (Å²) in [6.07, 6.45) is 3.46. The third-order valence-electron chi connectivity index (χ3n) is 2.15. The SMILES string of the molecule is CCOC(=O)c1ccc2ccncc2c1. The smallest absolute Gasteiger partial charge is 0.338 e. The number of fused-ring (bicyclic) bond motifs is 1. The monoisotopic (exact) mass is 201 g/mol. The maximum atomic E-state index is 11.4. The maximum Gasteiger partial charge on any atom is 0.338 e. The molecule has 2 rings (SSSR count). The lowest BCUT2D eigenvalue weighted by atomic mass is 10.1. The van der Waals surface area contributed by atoms with E-state index in [0.29, 0.717) is 12.2 Å². The van der Waals surface area contributed by atoms with E-state index in [1.807, 2.05) is 12.1 Å². The van der Waals surface area contributed by atoms with Gasteiger partial charge in [-0.05, 0) is 30.5 Å². The van der Waals surface area contributed by atoms with Crippen molar-refractivity contribution in [2.75, 3.05) is 6.61 Å². The fourth-order valence-corrected chi connectivity index (χ4v) is 1.43. The van der Waals surface area contributed by atoms with Crippen LogP contribution in [0.1, 0.15) is 17.3 Å². The van der Waals surface area contributed by atoms with Gasteiger partial charge in [0.15, 0.2) is 0 Å². The first-order valence-electron chi connectivity index (χ1n) is 4.82. The Bertz CT molecular complexity index is 494. The Morgan fingerprint density at radius 1 is 1.33 bits per heavy atom. The third kappa shape index (κ3) is 1.96. The number of benzene rings is 1. The zero-order valence-corrected chi connectivity index (χ0v) is 8.43. The van der Waals surface area contributed by atoms with E-state index in [9.17, 15) is 4.79 Å². The molecular weight excluding hydrogens is 190 g/mol. The molecule has 0 atom stereocenters. The van der Waals surface area contributed by atoms with Gasteiger partial charge >= 0.3 is 5.97 Å². The normalized spacial score (nSPS) is 10.2. The number of ether oxygens (including phenoxy) is 1. The molecule has 0 unspecified atom stereocenters. The molecule has 0 aliphatic rings. The van der Waals surface area contributed by atoms with Crippen LogP contribution in [0.4, 0.5) is 0 Å². The van der Waals surface area contributed by atoms with Crippen LogP contribution in [0.3, 0.4) is 0 Å². The van der Waals surface area contributed by atoms with Gasteiger partial charge < -0.3 is 4.74 Å². The van der Waals surface area contributed by atoms with Gasteiger partial charge in [-0.3, -0.25) is 4.98 Å². The molecule has 0 saturated heterocycles. The van der Waals surface area contributed by atoms with Crippen LogP contribution in [-0.2, 0) is 4.74 Å². The number of hydrogen-bond acceptors (Lipinski definition) is 3. The first-order valence-corrected chi connectivity index (χ1v) is 4.82. The van der Waals surface area contributed by atoms with Gasteiger partial charge in [-0.15, -0.1) is 0 Å². The largest absolute Gasteiger partial charge is 0.462 e. The molecule has 1 heterocycles. The topological polar surface area (TPSA) is 39.2 Å². The summed E-state index contributed by atoms with van der Waals surface area (Å²) in [5.74, 6) is -0.289. The zero-order chi connectivity index (χ0) is 10.7. The third-order valence-corrected chi connectivity index (χ3v) is 2.15. The molecule has 0 radical (unpaired) electrons. The van der Waals surface area contributed by atoms with Crippen molar-refractivity contribution in [2.24, 2.45) is 0 Å². The number of carbonyl (C=O) groups excluding carboxylic acids is 1. The number of esters is 1. The Morgan fingerprint density at radius 2 is 2.20 bits per heavy atom. The van der Waals surface area contributed by atoms with Crippen molar-refractivity contribution in [3.05, 3.63) is 42.2 Å². The van der Waals surface area contributed by atoms with E-state index in [2.05, 4.69) is 4.98 Å². The van der Waals surface area contributed by atoms with Crippen LogP contribution >= 0.6 is 0 Å². The average molecular weight is 201 g/mol. The number of carbonyl (C=O) groups is 1. The van der Waals surface area contributed by atoms with Crippen molar-refractivity contribution >= 4 is 16.7 Å². The zero-order valence-electron chi connectivity index (χ0n) is 8.43. The van der Waals surface area contributed by atoms with E-state index in [0.717, 1.165) is 10.8 Å². The Morgan fingerprint density at radius 3 is 3.00 bits per heavy atom. The van der Waals surface area contributed by atoms with Crippen LogP contribution < -0.4 is 0 Å². The van der Waals surface area contributed by atoms with Crippen molar-refractivity contribution in [3.8, 4) is 0 Å². The molecule has 76 valence electrons. The summed E-state index contributed by atoms with van der Waals surface area (Å²) in [6, 6.07) is 7.36. The minimum Gasteiger partial charge on any atom is -0.462 e. The van der Waals surface area contributed by atoms with E-state index >= 15 is 0 Å². The maximum absolute atomic E-state index is 11.4. The molecule has 3 heteroatoms. The molecule has 0 saturated carbocycles. The number of nitrogens with zero attached hydrogens (tertiary/aromatic N) is 1. The van der Waals surface area contributed by atoms with E-state index in [1.165, 1.54) is 0 Å². The van der Waals surface area contributed by atoms with Gasteiger partial charge in [0.1, 0.15) is 0 Å². The van der Waals surface area contributed by atoms with Crippen molar-refractivity contribution in [1.82, 2.24) is 4.98 Å². The number of pyridine rings is 1. The summed E-state index contributed by atoms with van der Waals surface area (Å²) >= 11 is 0. The molecule has 3 nitrogen and oxygen atoms in total. The first-order chi connectivity index (χ1) is 7.31. The lowest BCUT2D eigenvalue weighted by molar-refractivity contribution is 0.0526. The summed E-state index contributed by atoms with van der Waals surface area (Å²) in [4.78, 5) is 15.5. The Hall–Kier alpha value is -1.90. The molecular formula is C12H11NO2. The van der Waals surface area contributed by atoms with Crippen molar-refractivity contribution in [3.63, 3.8) is 0 Å². The minimum absolute atomic E-state index is 0.289. The molecule has 15 heavy (non-hydrogen) atoms. The Balaban J connectivity index is 2.42. The number of hydrogen-bond donors (Lipinski definition) is 0. The highest BCUT2D eigenvalue weighted by Crippen LogP contribution is 2.14. The fourth-order valence-electron chi connectivity index (χ4n) is 1.43. The summed E-state index contributed by atoms with van der Waals surface area (Å²) < 4.78 is 4.92. The van der Waals surface area contributed by atoms with Crippen molar-refractivity contribution in [2.45, 2.75) is 6.92 Å². The van der Waals surface area contributed by atoms with Gasteiger partial charge in [0.25, 0.3) is 0 Å². The molecule has 2 aromatic rings. The fraction of sp³-hybridized carbons (Fsp3) is 0.167. The van der Waals surface area contributed by atoms with Gasteiger partial charge in [-0.25, -0.2) is 4.79 Å². The molecule has 1 aromatic heterocycles. The summed E-state index contributed by atoms with van der Waals surface area (Å²) in [5, 5.41) is 2.01. The standard InChI is InChI=1S/C12H11NO2/c1-2-15-12(14)10-4-3-9-5-6-13-8-11(9)7-10/h3-8H,2H2,1H3. The predicted octanol–water partition coefficient (Wildman–Crippen LogP) is 2.41. The van der Waals surface area contributed by atoms with Crippen molar-refractivity contribution in [1.29, 1.82) is 0 Å². The molecule has 0 aliphatic heterocycles. The van der Waals surface area contributed by atoms with Gasteiger partial charge in [0, 0.05) is 17.8 Å². The molecule has 1 aromatic carbocycles. The molecule has 0 aliphatic carbocycles. The van der Waals surface area contributed by atoms with Crippen LogP contribution in [-0.4, -0.2) is 17.6 Å². The summed E-state index contributed by atoms with van der Waals surface area (Å²) in [6.45, 7) is 2.18. The molecule has 0 amide bonds. The highest BCUT2D eigenvalue weighted by atomic mass is 16.5.